The van der Waals surface area contributed by atoms with Crippen LogP contribution >= 0.6 is 15.9 Å². The summed E-state index contributed by atoms with van der Waals surface area (Å²) in [4.78, 5) is 2.49. The highest BCUT2D eigenvalue weighted by Gasteiger charge is 2.39. The molecule has 2 nitrogen and oxygen atoms in total. The van der Waals surface area contributed by atoms with E-state index in [2.05, 4.69) is 46.1 Å². The highest BCUT2D eigenvalue weighted by molar-refractivity contribution is 9.10. The van der Waals surface area contributed by atoms with Crippen molar-refractivity contribution in [3.8, 4) is 0 Å². The quantitative estimate of drug-likeness (QED) is 0.886. The van der Waals surface area contributed by atoms with E-state index < -0.39 is 0 Å². The minimum absolute atomic E-state index is 0.611. The summed E-state index contributed by atoms with van der Waals surface area (Å²) in [6, 6.07) is 6.51. The Morgan fingerprint density at radius 3 is 2.75 bits per heavy atom. The first-order valence-corrected chi connectivity index (χ1v) is 8.61. The molecule has 1 aromatic rings. The Kier molecular flexibility index (Phi) is 4.49. The molecule has 3 rings (SSSR count). The molecule has 0 amide bonds. The monoisotopic (exact) mass is 336 g/mol. The van der Waals surface area contributed by atoms with Gasteiger partial charge >= 0.3 is 0 Å². The van der Waals surface area contributed by atoms with Crippen LogP contribution in [0.5, 0.6) is 0 Å². The minimum atomic E-state index is 0.611. The lowest BCUT2D eigenvalue weighted by Crippen LogP contribution is -2.28. The van der Waals surface area contributed by atoms with Gasteiger partial charge in [0.2, 0.25) is 0 Å². The summed E-state index contributed by atoms with van der Waals surface area (Å²) < 4.78 is 1.19. The van der Waals surface area contributed by atoms with Gasteiger partial charge in [-0.05, 0) is 61.3 Å². The first-order valence-electron chi connectivity index (χ1n) is 7.81. The van der Waals surface area contributed by atoms with E-state index in [1.165, 1.54) is 47.8 Å². The summed E-state index contributed by atoms with van der Waals surface area (Å²) in [7, 11) is 2.26. The highest BCUT2D eigenvalue weighted by Crippen LogP contribution is 2.48. The molecule has 2 aliphatic carbocycles. The van der Waals surface area contributed by atoms with Crippen molar-refractivity contribution in [3.05, 3.63) is 33.8 Å². The van der Waals surface area contributed by atoms with Gasteiger partial charge in [-0.1, -0.05) is 34.5 Å². The number of nitrogens with zero attached hydrogens (tertiary/aromatic N) is 1. The summed E-state index contributed by atoms with van der Waals surface area (Å²) in [5.74, 6) is 3.01. The number of fused-ring (bicyclic) bond motifs is 2. The van der Waals surface area contributed by atoms with Crippen molar-refractivity contribution < 1.29 is 0 Å². The summed E-state index contributed by atoms with van der Waals surface area (Å²) in [6.45, 7) is 2.89. The Morgan fingerprint density at radius 1 is 1.30 bits per heavy atom. The van der Waals surface area contributed by atoms with Gasteiger partial charge in [0, 0.05) is 24.1 Å². The van der Waals surface area contributed by atoms with Gasteiger partial charge in [-0.25, -0.2) is 0 Å². The fourth-order valence-electron chi connectivity index (χ4n) is 4.20. The molecule has 3 atom stereocenters. The van der Waals surface area contributed by atoms with Gasteiger partial charge in [-0.2, -0.15) is 0 Å². The molecule has 0 aliphatic heterocycles. The van der Waals surface area contributed by atoms with Crippen molar-refractivity contribution in [2.45, 2.75) is 38.8 Å². The number of halogens is 1. The molecule has 2 fully saturated rings. The fourth-order valence-corrected chi connectivity index (χ4v) is 4.75. The lowest BCUT2D eigenvalue weighted by Gasteiger charge is -2.27. The molecule has 0 radical (unpaired) electrons. The maximum Gasteiger partial charge on any atom is 0.0242 e. The molecule has 2 bridgehead atoms. The number of benzene rings is 1. The van der Waals surface area contributed by atoms with Crippen molar-refractivity contribution in [2.75, 3.05) is 13.6 Å². The van der Waals surface area contributed by atoms with Crippen molar-refractivity contribution in [3.63, 3.8) is 0 Å². The van der Waals surface area contributed by atoms with Gasteiger partial charge in [0.15, 0.2) is 0 Å². The molecule has 0 aromatic heterocycles. The van der Waals surface area contributed by atoms with Gasteiger partial charge in [0.05, 0.1) is 0 Å². The molecular formula is C17H25BrN2. The molecule has 3 heteroatoms. The first-order chi connectivity index (χ1) is 9.65. The Labute approximate surface area is 130 Å². The topological polar surface area (TPSA) is 29.3 Å². The summed E-state index contributed by atoms with van der Waals surface area (Å²) in [6.07, 6.45) is 5.96. The van der Waals surface area contributed by atoms with Crippen LogP contribution in [0.15, 0.2) is 22.7 Å². The molecule has 20 heavy (non-hydrogen) atoms. The van der Waals surface area contributed by atoms with Gasteiger partial charge < -0.3 is 10.6 Å². The third-order valence-electron chi connectivity index (χ3n) is 5.22. The average Bonchev–Trinajstić information content (AvgIpc) is 3.03. The highest BCUT2D eigenvalue weighted by atomic mass is 79.9. The van der Waals surface area contributed by atoms with E-state index in [9.17, 15) is 0 Å². The maximum absolute atomic E-state index is 5.68. The van der Waals surface area contributed by atoms with Crippen LogP contribution in [0, 0.1) is 17.8 Å². The van der Waals surface area contributed by atoms with Gasteiger partial charge in [0.1, 0.15) is 0 Å². The van der Waals surface area contributed by atoms with E-state index >= 15 is 0 Å². The second-order valence-electron chi connectivity index (χ2n) is 6.76. The van der Waals surface area contributed by atoms with Crippen LogP contribution in [0.1, 0.15) is 36.8 Å². The lowest BCUT2D eigenvalue weighted by atomic mass is 9.88. The van der Waals surface area contributed by atoms with Crippen LogP contribution in [-0.2, 0) is 13.1 Å². The smallest absolute Gasteiger partial charge is 0.0242 e. The predicted octanol–water partition coefficient (Wildman–Crippen LogP) is 3.78. The van der Waals surface area contributed by atoms with Crippen LogP contribution in [0.3, 0.4) is 0 Å². The second-order valence-corrected chi connectivity index (χ2v) is 7.62. The SMILES string of the molecule is CN(Cc1ccc(CN)cc1Br)CC1CC2CCC1C2. The predicted molar refractivity (Wildman–Crippen MR) is 87.3 cm³/mol. The zero-order chi connectivity index (χ0) is 14.1. The Hall–Kier alpha value is -0.380. The molecule has 1 aromatic carbocycles. The van der Waals surface area contributed by atoms with Crippen molar-refractivity contribution in [1.82, 2.24) is 4.90 Å². The molecule has 0 spiro atoms. The van der Waals surface area contributed by atoms with E-state index in [4.69, 9.17) is 5.73 Å². The largest absolute Gasteiger partial charge is 0.326 e. The number of hydrogen-bond acceptors (Lipinski definition) is 2. The van der Waals surface area contributed by atoms with E-state index in [1.54, 1.807) is 0 Å². The van der Waals surface area contributed by atoms with Crippen molar-refractivity contribution in [2.24, 2.45) is 23.5 Å². The van der Waals surface area contributed by atoms with E-state index in [0.717, 1.165) is 24.3 Å². The van der Waals surface area contributed by atoms with Crippen molar-refractivity contribution >= 4 is 15.9 Å². The van der Waals surface area contributed by atoms with E-state index in [0.29, 0.717) is 6.54 Å². The maximum atomic E-state index is 5.68. The van der Waals surface area contributed by atoms with Crippen LogP contribution in [0.2, 0.25) is 0 Å². The van der Waals surface area contributed by atoms with Crippen LogP contribution in [0.4, 0.5) is 0 Å². The molecule has 3 unspecified atom stereocenters. The standard InChI is InChI=1S/C17H25BrN2/c1-20(11-16-7-12-2-4-14(16)6-12)10-15-5-3-13(9-19)8-17(15)18/h3,5,8,12,14,16H,2,4,6-7,9-11,19H2,1H3. The average molecular weight is 337 g/mol. The summed E-state index contributed by atoms with van der Waals surface area (Å²) in [5.41, 5.74) is 8.24. The Morgan fingerprint density at radius 2 is 2.15 bits per heavy atom. The molecule has 2 aliphatic rings. The summed E-state index contributed by atoms with van der Waals surface area (Å²) in [5, 5.41) is 0. The van der Waals surface area contributed by atoms with Crippen LogP contribution in [-0.4, -0.2) is 18.5 Å². The molecule has 110 valence electrons. The molecular weight excluding hydrogens is 312 g/mol. The molecule has 2 saturated carbocycles. The molecule has 0 heterocycles. The fraction of sp³-hybridized carbons (Fsp3) is 0.647. The van der Waals surface area contributed by atoms with Crippen LogP contribution < -0.4 is 5.73 Å². The Bertz CT molecular complexity index is 474. The third kappa shape index (κ3) is 3.10. The molecule has 0 saturated heterocycles. The normalized spacial score (nSPS) is 28.5. The van der Waals surface area contributed by atoms with E-state index in [1.807, 2.05) is 0 Å². The first kappa shape index (κ1) is 14.6. The third-order valence-corrected chi connectivity index (χ3v) is 5.96. The van der Waals surface area contributed by atoms with Crippen LogP contribution in [0.25, 0.3) is 0 Å². The summed E-state index contributed by atoms with van der Waals surface area (Å²) >= 11 is 3.68. The lowest BCUT2D eigenvalue weighted by molar-refractivity contribution is 0.214. The minimum Gasteiger partial charge on any atom is -0.326 e. The van der Waals surface area contributed by atoms with Crippen molar-refractivity contribution in [1.29, 1.82) is 0 Å². The number of rotatable bonds is 5. The number of nitrogens with two attached hydrogens (primary N) is 1. The molecule has 2 N–H and O–H groups in total. The van der Waals surface area contributed by atoms with Gasteiger partial charge in [-0.15, -0.1) is 0 Å². The van der Waals surface area contributed by atoms with E-state index in [-0.39, 0.29) is 0 Å². The second kappa shape index (κ2) is 6.17. The Balaban J connectivity index is 1.57. The zero-order valence-electron chi connectivity index (χ0n) is 12.3. The number of hydrogen-bond donors (Lipinski definition) is 1. The van der Waals surface area contributed by atoms with Gasteiger partial charge in [0.25, 0.3) is 0 Å². The zero-order valence-corrected chi connectivity index (χ0v) is 13.9. The van der Waals surface area contributed by atoms with Gasteiger partial charge in [-0.3, -0.25) is 0 Å².